The van der Waals surface area contributed by atoms with Crippen LogP contribution in [0.1, 0.15) is 54.4 Å². The fraction of sp³-hybridized carbons (Fsp3) is 1.00. The largest absolute Gasteiger partial charge is 0.391 e. The van der Waals surface area contributed by atoms with Crippen LogP contribution in [0.2, 0.25) is 0 Å². The maximum atomic E-state index is 9.53. The lowest BCUT2D eigenvalue weighted by atomic mass is 9.84. The highest BCUT2D eigenvalue weighted by atomic mass is 16.6. The monoisotopic (exact) mass is 512 g/mol. The van der Waals surface area contributed by atoms with E-state index in [1.54, 1.807) is 27.7 Å². The molecule has 0 saturated carbocycles. The molecule has 0 bridgehead atoms. The smallest absolute Gasteiger partial charge is 0.104 e. The van der Waals surface area contributed by atoms with Gasteiger partial charge in [-0.1, -0.05) is 13.8 Å². The number of rotatable bonds is 24. The van der Waals surface area contributed by atoms with Crippen molar-refractivity contribution in [2.24, 2.45) is 5.41 Å². The van der Waals surface area contributed by atoms with Crippen LogP contribution in [0.5, 0.6) is 0 Å². The van der Waals surface area contributed by atoms with Gasteiger partial charge in [0.1, 0.15) is 12.2 Å². The minimum absolute atomic E-state index is 0.173. The van der Waals surface area contributed by atoms with Crippen LogP contribution in [0.4, 0.5) is 0 Å². The van der Waals surface area contributed by atoms with Gasteiger partial charge in [-0.2, -0.15) is 0 Å². The molecule has 6 unspecified atom stereocenters. The average Bonchev–Trinajstić information content (AvgIpc) is 2.78. The van der Waals surface area contributed by atoms with Gasteiger partial charge < -0.3 is 48.8 Å². The van der Waals surface area contributed by atoms with Gasteiger partial charge >= 0.3 is 0 Å². The third-order valence-corrected chi connectivity index (χ3v) is 5.40. The standard InChI is InChI=1S/C25H52O10/c1-7-25(8-2,17-32-15-23(34-11-21(5)28)13-30-9-19(3)26)18-33-16-24(35-12-22(6)29)14-31-10-20(4)27/h19-24,26-29H,7-18H2,1-6H3. The first-order valence-electron chi connectivity index (χ1n) is 12.8. The molecule has 0 rings (SSSR count). The van der Waals surface area contributed by atoms with E-state index in [-0.39, 0.29) is 57.3 Å². The van der Waals surface area contributed by atoms with E-state index in [0.29, 0.717) is 26.4 Å². The van der Waals surface area contributed by atoms with Crippen LogP contribution in [-0.4, -0.2) is 123 Å². The molecule has 0 radical (unpaired) electrons. The summed E-state index contributed by atoms with van der Waals surface area (Å²) in [5, 5.41) is 37.8. The lowest BCUT2D eigenvalue weighted by Gasteiger charge is -2.32. The summed E-state index contributed by atoms with van der Waals surface area (Å²) in [6.45, 7) is 13.6. The second-order valence-electron chi connectivity index (χ2n) is 9.62. The highest BCUT2D eigenvalue weighted by Crippen LogP contribution is 2.27. The van der Waals surface area contributed by atoms with E-state index >= 15 is 0 Å². The Labute approximate surface area is 211 Å². The first-order valence-corrected chi connectivity index (χ1v) is 12.8. The van der Waals surface area contributed by atoms with Gasteiger partial charge in [0, 0.05) is 5.41 Å². The molecule has 212 valence electrons. The molecule has 10 heteroatoms. The Bertz CT molecular complexity index is 431. The molecular formula is C25H52O10. The number of hydrogen-bond donors (Lipinski definition) is 4. The van der Waals surface area contributed by atoms with E-state index in [0.717, 1.165) is 12.8 Å². The van der Waals surface area contributed by atoms with Crippen molar-refractivity contribution in [2.45, 2.75) is 91.0 Å². The number of hydrogen-bond acceptors (Lipinski definition) is 10. The third-order valence-electron chi connectivity index (χ3n) is 5.40. The molecule has 0 amide bonds. The van der Waals surface area contributed by atoms with Crippen molar-refractivity contribution in [1.29, 1.82) is 0 Å². The lowest BCUT2D eigenvalue weighted by Crippen LogP contribution is -2.37. The summed E-state index contributed by atoms with van der Waals surface area (Å²) >= 11 is 0. The number of aliphatic hydroxyl groups excluding tert-OH is 4. The molecule has 0 aliphatic heterocycles. The topological polar surface area (TPSA) is 136 Å². The first kappa shape index (κ1) is 34.6. The summed E-state index contributed by atoms with van der Waals surface area (Å²) in [6.07, 6.45) is -1.35. The summed E-state index contributed by atoms with van der Waals surface area (Å²) in [6, 6.07) is 0. The Morgan fingerprint density at radius 3 is 1.09 bits per heavy atom. The molecule has 0 aromatic rings. The van der Waals surface area contributed by atoms with Crippen LogP contribution >= 0.6 is 0 Å². The van der Waals surface area contributed by atoms with E-state index in [2.05, 4.69) is 13.8 Å². The third kappa shape index (κ3) is 19.4. The molecule has 35 heavy (non-hydrogen) atoms. The van der Waals surface area contributed by atoms with Crippen molar-refractivity contribution in [3.05, 3.63) is 0 Å². The maximum Gasteiger partial charge on any atom is 0.104 e. The Kier molecular flexibility index (Phi) is 20.4. The predicted octanol–water partition coefficient (Wildman–Crippen LogP) is 1.15. The number of ether oxygens (including phenoxy) is 6. The summed E-state index contributed by atoms with van der Waals surface area (Å²) < 4.78 is 34.4. The van der Waals surface area contributed by atoms with Gasteiger partial charge in [-0.25, -0.2) is 0 Å². The van der Waals surface area contributed by atoms with Crippen molar-refractivity contribution >= 4 is 0 Å². The Balaban J connectivity index is 4.74. The second-order valence-corrected chi connectivity index (χ2v) is 9.62. The van der Waals surface area contributed by atoms with E-state index in [9.17, 15) is 20.4 Å². The van der Waals surface area contributed by atoms with E-state index < -0.39 is 24.4 Å². The molecule has 6 atom stereocenters. The molecule has 0 aromatic heterocycles. The highest BCUT2D eigenvalue weighted by molar-refractivity contribution is 4.77. The van der Waals surface area contributed by atoms with E-state index in [1.165, 1.54) is 0 Å². The zero-order valence-electron chi connectivity index (χ0n) is 22.7. The molecule has 4 N–H and O–H groups in total. The Morgan fingerprint density at radius 1 is 0.486 bits per heavy atom. The minimum atomic E-state index is -0.596. The van der Waals surface area contributed by atoms with Crippen molar-refractivity contribution in [2.75, 3.05) is 66.1 Å². The van der Waals surface area contributed by atoms with Crippen LogP contribution in [0.25, 0.3) is 0 Å². The Morgan fingerprint density at radius 2 is 0.800 bits per heavy atom. The molecular weight excluding hydrogens is 460 g/mol. The SMILES string of the molecule is CCC(CC)(COCC(COCC(C)O)OCC(C)O)COCC(COCC(C)O)OCC(C)O. The van der Waals surface area contributed by atoms with E-state index in [1.807, 2.05) is 0 Å². The maximum absolute atomic E-state index is 9.53. The van der Waals surface area contributed by atoms with Gasteiger partial charge in [-0.3, -0.25) is 0 Å². The average molecular weight is 513 g/mol. The van der Waals surface area contributed by atoms with Gasteiger partial charge in [-0.05, 0) is 40.5 Å². The molecule has 10 nitrogen and oxygen atoms in total. The quantitative estimate of drug-likeness (QED) is 0.149. The van der Waals surface area contributed by atoms with Gasteiger partial charge in [0.25, 0.3) is 0 Å². The van der Waals surface area contributed by atoms with Crippen LogP contribution in [0, 0.1) is 5.41 Å². The lowest BCUT2D eigenvalue weighted by molar-refractivity contribution is -0.116. The van der Waals surface area contributed by atoms with Crippen molar-refractivity contribution in [3.8, 4) is 0 Å². The zero-order valence-corrected chi connectivity index (χ0v) is 22.7. The van der Waals surface area contributed by atoms with Crippen molar-refractivity contribution < 1.29 is 48.8 Å². The fourth-order valence-electron chi connectivity index (χ4n) is 3.09. The van der Waals surface area contributed by atoms with Gasteiger partial charge in [0.15, 0.2) is 0 Å². The molecule has 0 spiro atoms. The minimum Gasteiger partial charge on any atom is -0.391 e. The van der Waals surface area contributed by atoms with Gasteiger partial charge in [0.2, 0.25) is 0 Å². The summed E-state index contributed by atoms with van der Waals surface area (Å²) in [4.78, 5) is 0. The molecule has 0 aliphatic rings. The van der Waals surface area contributed by atoms with Crippen molar-refractivity contribution in [3.63, 3.8) is 0 Å². The molecule has 0 heterocycles. The van der Waals surface area contributed by atoms with Gasteiger partial charge in [-0.15, -0.1) is 0 Å². The molecule has 0 aromatic carbocycles. The molecule has 0 saturated heterocycles. The molecule has 0 aliphatic carbocycles. The van der Waals surface area contributed by atoms with Crippen LogP contribution in [0.15, 0.2) is 0 Å². The zero-order chi connectivity index (χ0) is 26.7. The summed E-state index contributed by atoms with van der Waals surface area (Å²) in [5.41, 5.74) is -0.204. The second kappa shape index (κ2) is 20.6. The van der Waals surface area contributed by atoms with E-state index in [4.69, 9.17) is 28.4 Å². The Hall–Kier alpha value is -0.400. The summed E-state index contributed by atoms with van der Waals surface area (Å²) in [5.74, 6) is 0. The normalized spacial score (nSPS) is 17.7. The predicted molar refractivity (Wildman–Crippen MR) is 132 cm³/mol. The highest BCUT2D eigenvalue weighted by Gasteiger charge is 2.28. The van der Waals surface area contributed by atoms with Gasteiger partial charge in [0.05, 0.1) is 90.5 Å². The van der Waals surface area contributed by atoms with Crippen LogP contribution < -0.4 is 0 Å². The van der Waals surface area contributed by atoms with Crippen LogP contribution in [-0.2, 0) is 28.4 Å². The van der Waals surface area contributed by atoms with Crippen LogP contribution in [0.3, 0.4) is 0 Å². The first-order chi connectivity index (χ1) is 16.5. The number of aliphatic hydroxyl groups is 4. The fourth-order valence-corrected chi connectivity index (χ4v) is 3.09. The molecule has 0 fully saturated rings. The van der Waals surface area contributed by atoms with Crippen molar-refractivity contribution in [1.82, 2.24) is 0 Å². The summed E-state index contributed by atoms with van der Waals surface area (Å²) in [7, 11) is 0.